The van der Waals surface area contributed by atoms with Gasteiger partial charge in [-0.15, -0.1) is 0 Å². The van der Waals surface area contributed by atoms with Crippen molar-refractivity contribution in [3.63, 3.8) is 0 Å². The van der Waals surface area contributed by atoms with Crippen molar-refractivity contribution in [2.75, 3.05) is 19.3 Å². The summed E-state index contributed by atoms with van der Waals surface area (Å²) >= 11 is 0. The number of fused-ring (bicyclic) bond motifs is 1. The van der Waals surface area contributed by atoms with Gasteiger partial charge in [-0.25, -0.2) is 4.79 Å². The third kappa shape index (κ3) is 3.71. The molecule has 2 aliphatic rings. The van der Waals surface area contributed by atoms with Crippen molar-refractivity contribution in [1.82, 2.24) is 10.2 Å². The molecule has 136 valence electrons. The summed E-state index contributed by atoms with van der Waals surface area (Å²) < 4.78 is 11.2. The smallest absolute Gasteiger partial charge is 0.317 e. The molecule has 2 N–H and O–H groups in total. The number of amides is 2. The van der Waals surface area contributed by atoms with Gasteiger partial charge in [-0.3, -0.25) is 9.00 Å². The second-order valence-electron chi connectivity index (χ2n) is 7.12. The number of benzene rings is 1. The van der Waals surface area contributed by atoms with E-state index in [1.165, 1.54) is 0 Å². The molecule has 1 aromatic rings. The van der Waals surface area contributed by atoms with E-state index in [9.17, 15) is 18.9 Å². The van der Waals surface area contributed by atoms with E-state index in [1.54, 1.807) is 11.2 Å². The standard InChI is InChI=1S/C18H24N2O4S/c1-25(24)11-14-6-4-13(5-7-14)9-19-17(23)20-10-15-3-2-8-18(15,12-20)16(21)22/h4-7,15H,2-3,8-12H2,1H3,(H,19,23)(H,21,22)/t15-,18+,25?/m0/s1. The molecule has 0 radical (unpaired) electrons. The van der Waals surface area contributed by atoms with E-state index in [0.29, 0.717) is 31.8 Å². The lowest BCUT2D eigenvalue weighted by Gasteiger charge is -2.23. The highest BCUT2D eigenvalue weighted by molar-refractivity contribution is 7.83. The van der Waals surface area contributed by atoms with Crippen LogP contribution in [0, 0.1) is 11.3 Å². The third-order valence-electron chi connectivity index (χ3n) is 5.42. The molecule has 3 rings (SSSR count). The summed E-state index contributed by atoms with van der Waals surface area (Å²) in [6.07, 6.45) is 4.15. The van der Waals surface area contributed by atoms with E-state index in [2.05, 4.69) is 5.32 Å². The number of carboxylic acid groups (broad SMARTS) is 1. The fourth-order valence-electron chi connectivity index (χ4n) is 4.07. The summed E-state index contributed by atoms with van der Waals surface area (Å²) in [6.45, 7) is 1.23. The first-order valence-electron chi connectivity index (χ1n) is 8.55. The van der Waals surface area contributed by atoms with E-state index in [1.807, 2.05) is 24.3 Å². The zero-order chi connectivity index (χ0) is 18.0. The molecule has 0 aromatic heterocycles. The van der Waals surface area contributed by atoms with Crippen molar-refractivity contribution in [3.05, 3.63) is 35.4 Å². The summed E-state index contributed by atoms with van der Waals surface area (Å²) in [7, 11) is -0.871. The van der Waals surface area contributed by atoms with Gasteiger partial charge in [0.1, 0.15) is 0 Å². The van der Waals surface area contributed by atoms with Crippen LogP contribution >= 0.6 is 0 Å². The van der Waals surface area contributed by atoms with Crippen LogP contribution < -0.4 is 5.32 Å². The summed E-state index contributed by atoms with van der Waals surface area (Å²) in [6, 6.07) is 7.47. The number of rotatable bonds is 5. The molecule has 1 saturated carbocycles. The third-order valence-corrected chi connectivity index (χ3v) is 6.16. The lowest BCUT2D eigenvalue weighted by Crippen LogP contribution is -2.41. The lowest BCUT2D eigenvalue weighted by molar-refractivity contribution is -0.149. The molecule has 3 atom stereocenters. The molecule has 7 heteroatoms. The van der Waals surface area contributed by atoms with Crippen molar-refractivity contribution >= 4 is 22.8 Å². The Morgan fingerprint density at radius 3 is 2.60 bits per heavy atom. The van der Waals surface area contributed by atoms with Crippen LogP contribution in [-0.2, 0) is 27.9 Å². The van der Waals surface area contributed by atoms with E-state index >= 15 is 0 Å². The molecule has 1 heterocycles. The number of hydrogen-bond donors (Lipinski definition) is 2. The second-order valence-corrected chi connectivity index (χ2v) is 8.56. The summed E-state index contributed by atoms with van der Waals surface area (Å²) in [5.41, 5.74) is 1.23. The Morgan fingerprint density at radius 1 is 1.32 bits per heavy atom. The number of nitrogens with one attached hydrogen (secondary N) is 1. The van der Waals surface area contributed by atoms with Crippen molar-refractivity contribution in [2.45, 2.75) is 31.6 Å². The molecular formula is C18H24N2O4S. The summed E-state index contributed by atoms with van der Waals surface area (Å²) in [4.78, 5) is 25.7. The predicted molar refractivity (Wildman–Crippen MR) is 95.4 cm³/mol. The van der Waals surface area contributed by atoms with Crippen molar-refractivity contribution in [3.8, 4) is 0 Å². The maximum atomic E-state index is 12.4. The van der Waals surface area contributed by atoms with Crippen molar-refractivity contribution in [2.24, 2.45) is 11.3 Å². The molecule has 1 aliphatic heterocycles. The van der Waals surface area contributed by atoms with Crippen LogP contribution in [0.2, 0.25) is 0 Å². The minimum atomic E-state index is -0.871. The highest BCUT2D eigenvalue weighted by Gasteiger charge is 2.55. The van der Waals surface area contributed by atoms with Gasteiger partial charge in [0.15, 0.2) is 0 Å². The Labute approximate surface area is 150 Å². The number of nitrogens with zero attached hydrogens (tertiary/aromatic N) is 1. The van der Waals surface area contributed by atoms with Crippen LogP contribution in [0.4, 0.5) is 4.79 Å². The van der Waals surface area contributed by atoms with Gasteiger partial charge in [-0.1, -0.05) is 30.7 Å². The number of aliphatic carboxylic acids is 1. The molecule has 6 nitrogen and oxygen atoms in total. The van der Waals surface area contributed by atoms with E-state index in [4.69, 9.17) is 0 Å². The number of likely N-dealkylation sites (tertiary alicyclic amines) is 1. The van der Waals surface area contributed by atoms with E-state index < -0.39 is 22.2 Å². The normalized spacial score (nSPS) is 26.3. The Kier molecular flexibility index (Phi) is 5.13. The Morgan fingerprint density at radius 2 is 2.00 bits per heavy atom. The Hall–Kier alpha value is -1.89. The zero-order valence-electron chi connectivity index (χ0n) is 14.4. The fourth-order valence-corrected chi connectivity index (χ4v) is 4.73. The first kappa shape index (κ1) is 17.9. The maximum absolute atomic E-state index is 12.4. The zero-order valence-corrected chi connectivity index (χ0v) is 15.2. The quantitative estimate of drug-likeness (QED) is 0.836. The minimum absolute atomic E-state index is 0.0740. The number of carbonyl (C=O) groups excluding carboxylic acids is 1. The van der Waals surface area contributed by atoms with Crippen LogP contribution in [-0.4, -0.2) is 45.6 Å². The average Bonchev–Trinajstić information content (AvgIpc) is 3.11. The number of hydrogen-bond acceptors (Lipinski definition) is 3. The van der Waals surface area contributed by atoms with Crippen molar-refractivity contribution < 1.29 is 18.9 Å². The molecule has 1 saturated heterocycles. The predicted octanol–water partition coefficient (Wildman–Crippen LogP) is 1.96. The molecule has 1 aromatic carbocycles. The SMILES string of the molecule is CS(=O)Cc1ccc(CNC(=O)N2C[C@@H]3CCC[C@@]3(C(=O)O)C2)cc1. The first-order chi connectivity index (χ1) is 11.9. The van der Waals surface area contributed by atoms with Crippen molar-refractivity contribution in [1.29, 1.82) is 0 Å². The second kappa shape index (κ2) is 7.15. The molecular weight excluding hydrogens is 340 g/mol. The van der Waals surface area contributed by atoms with Gasteiger partial charge in [0.25, 0.3) is 0 Å². The van der Waals surface area contributed by atoms with Gasteiger partial charge >= 0.3 is 12.0 Å². The van der Waals surface area contributed by atoms with Gasteiger partial charge < -0.3 is 15.3 Å². The Bertz CT molecular complexity index is 691. The largest absolute Gasteiger partial charge is 0.481 e. The maximum Gasteiger partial charge on any atom is 0.317 e. The molecule has 1 unspecified atom stereocenters. The number of carboxylic acids is 1. The molecule has 1 aliphatic carbocycles. The van der Waals surface area contributed by atoms with Crippen LogP contribution in [0.3, 0.4) is 0 Å². The monoisotopic (exact) mass is 364 g/mol. The Balaban J connectivity index is 1.55. The molecule has 2 amide bonds. The summed E-state index contributed by atoms with van der Waals surface area (Å²) in [5.74, 6) is -0.168. The van der Waals surface area contributed by atoms with E-state index in [0.717, 1.165) is 24.0 Å². The van der Waals surface area contributed by atoms with Crippen LogP contribution in [0.15, 0.2) is 24.3 Å². The van der Waals surface area contributed by atoms with Gasteiger partial charge in [-0.05, 0) is 29.9 Å². The van der Waals surface area contributed by atoms with Gasteiger partial charge in [0, 0.05) is 42.4 Å². The highest BCUT2D eigenvalue weighted by atomic mass is 32.2. The molecule has 0 bridgehead atoms. The molecule has 0 spiro atoms. The van der Waals surface area contributed by atoms with Gasteiger partial charge in [0.05, 0.1) is 5.41 Å². The number of urea groups is 1. The van der Waals surface area contributed by atoms with E-state index in [-0.39, 0.29) is 11.9 Å². The van der Waals surface area contributed by atoms with Gasteiger partial charge in [0.2, 0.25) is 0 Å². The van der Waals surface area contributed by atoms with Crippen LogP contribution in [0.1, 0.15) is 30.4 Å². The fraction of sp³-hybridized carbons (Fsp3) is 0.556. The molecule has 2 fully saturated rings. The lowest BCUT2D eigenvalue weighted by atomic mass is 9.81. The topological polar surface area (TPSA) is 86.7 Å². The summed E-state index contributed by atoms with van der Waals surface area (Å²) in [5, 5.41) is 12.5. The number of carbonyl (C=O) groups is 2. The first-order valence-corrected chi connectivity index (χ1v) is 10.3. The van der Waals surface area contributed by atoms with Gasteiger partial charge in [-0.2, -0.15) is 0 Å². The molecule has 25 heavy (non-hydrogen) atoms. The van der Waals surface area contributed by atoms with Crippen LogP contribution in [0.25, 0.3) is 0 Å². The van der Waals surface area contributed by atoms with Crippen LogP contribution in [0.5, 0.6) is 0 Å². The highest BCUT2D eigenvalue weighted by Crippen LogP contribution is 2.48. The minimum Gasteiger partial charge on any atom is -0.481 e. The average molecular weight is 364 g/mol.